The fourth-order valence-corrected chi connectivity index (χ4v) is 1.58. The monoisotopic (exact) mass is 275 g/mol. The number of rotatable bonds is 1. The van der Waals surface area contributed by atoms with Gasteiger partial charge in [0, 0.05) is 0 Å². The molecule has 0 fully saturated rings. The van der Waals surface area contributed by atoms with Gasteiger partial charge in [-0.25, -0.2) is 4.79 Å². The third kappa shape index (κ3) is 4.10. The molecule has 0 aliphatic rings. The molecule has 0 aliphatic heterocycles. The fourth-order valence-electron chi connectivity index (χ4n) is 1.16. The minimum atomic E-state index is -0.556. The molecule has 1 amide bonds. The molecule has 0 radical (unpaired) electrons. The summed E-state index contributed by atoms with van der Waals surface area (Å²) < 4.78 is 5.11. The summed E-state index contributed by atoms with van der Waals surface area (Å²) in [6.07, 6.45) is -0.556. The van der Waals surface area contributed by atoms with E-state index in [0.29, 0.717) is 15.7 Å². The number of benzene rings is 1. The Morgan fingerprint density at radius 2 is 1.82 bits per heavy atom. The topological polar surface area (TPSA) is 38.3 Å². The average Bonchev–Trinajstić information content (AvgIpc) is 2.16. The molecule has 1 N–H and O–H groups in total. The van der Waals surface area contributed by atoms with E-state index in [0.717, 1.165) is 5.56 Å². The zero-order valence-electron chi connectivity index (χ0n) is 10.2. The van der Waals surface area contributed by atoms with Crippen LogP contribution in [0.15, 0.2) is 12.1 Å². The summed E-state index contributed by atoms with van der Waals surface area (Å²) in [7, 11) is 0. The molecule has 3 nitrogen and oxygen atoms in total. The molecule has 0 aromatic heterocycles. The summed E-state index contributed by atoms with van der Waals surface area (Å²) in [6.45, 7) is 7.20. The zero-order valence-corrected chi connectivity index (χ0v) is 11.7. The maximum absolute atomic E-state index is 11.5. The van der Waals surface area contributed by atoms with Crippen molar-refractivity contribution in [3.63, 3.8) is 0 Å². The van der Waals surface area contributed by atoms with Crippen LogP contribution in [0.1, 0.15) is 26.3 Å². The molecular formula is C12H15Cl2NO2. The van der Waals surface area contributed by atoms with E-state index in [1.165, 1.54) is 0 Å². The second-order valence-corrected chi connectivity index (χ2v) is 5.44. The summed E-state index contributed by atoms with van der Waals surface area (Å²) in [5.41, 5.74) is 0.744. The van der Waals surface area contributed by atoms with Crippen molar-refractivity contribution >= 4 is 35.0 Å². The van der Waals surface area contributed by atoms with Gasteiger partial charge in [0.2, 0.25) is 0 Å². The van der Waals surface area contributed by atoms with Crippen molar-refractivity contribution in [2.24, 2.45) is 0 Å². The summed E-state index contributed by atoms with van der Waals surface area (Å²) in [5, 5.41) is 3.31. The van der Waals surface area contributed by atoms with Crippen LogP contribution in [-0.4, -0.2) is 11.7 Å². The molecule has 0 saturated heterocycles. The van der Waals surface area contributed by atoms with Crippen molar-refractivity contribution in [1.29, 1.82) is 0 Å². The molecule has 0 unspecified atom stereocenters. The second-order valence-electron chi connectivity index (χ2n) is 4.68. The predicted octanol–water partition coefficient (Wildman–Crippen LogP) is 4.65. The Labute approximate surface area is 111 Å². The molecule has 0 aliphatic carbocycles. The van der Waals surface area contributed by atoms with Crippen molar-refractivity contribution in [2.75, 3.05) is 5.32 Å². The van der Waals surface area contributed by atoms with Crippen LogP contribution in [0.4, 0.5) is 10.5 Å². The van der Waals surface area contributed by atoms with Gasteiger partial charge < -0.3 is 4.74 Å². The van der Waals surface area contributed by atoms with Crippen LogP contribution in [0.3, 0.4) is 0 Å². The summed E-state index contributed by atoms with van der Waals surface area (Å²) >= 11 is 12.0. The smallest absolute Gasteiger partial charge is 0.412 e. The van der Waals surface area contributed by atoms with Crippen LogP contribution >= 0.6 is 23.2 Å². The lowest BCUT2D eigenvalue weighted by molar-refractivity contribution is 0.0636. The number of hydrogen-bond donors (Lipinski definition) is 1. The van der Waals surface area contributed by atoms with Crippen LogP contribution < -0.4 is 5.32 Å². The van der Waals surface area contributed by atoms with Crippen LogP contribution in [0, 0.1) is 6.92 Å². The van der Waals surface area contributed by atoms with Crippen molar-refractivity contribution in [1.82, 2.24) is 0 Å². The lowest BCUT2D eigenvalue weighted by Gasteiger charge is -2.20. The summed E-state index contributed by atoms with van der Waals surface area (Å²) in [4.78, 5) is 11.5. The van der Waals surface area contributed by atoms with Gasteiger partial charge in [-0.1, -0.05) is 29.3 Å². The Morgan fingerprint density at radius 1 is 1.24 bits per heavy atom. The lowest BCUT2D eigenvalue weighted by Crippen LogP contribution is -2.27. The molecule has 0 saturated carbocycles. The first-order valence-corrected chi connectivity index (χ1v) is 5.91. The van der Waals surface area contributed by atoms with E-state index in [1.807, 2.05) is 6.92 Å². The highest BCUT2D eigenvalue weighted by Crippen LogP contribution is 2.32. The minimum Gasteiger partial charge on any atom is -0.444 e. The van der Waals surface area contributed by atoms with E-state index in [2.05, 4.69) is 5.32 Å². The van der Waals surface area contributed by atoms with Crippen LogP contribution in [-0.2, 0) is 4.74 Å². The molecule has 1 aromatic rings. The van der Waals surface area contributed by atoms with Gasteiger partial charge >= 0.3 is 6.09 Å². The Balaban J connectivity index is 2.83. The molecular weight excluding hydrogens is 261 g/mol. The third-order valence-corrected chi connectivity index (χ3v) is 2.89. The van der Waals surface area contributed by atoms with E-state index >= 15 is 0 Å². The van der Waals surface area contributed by atoms with Gasteiger partial charge in [0.1, 0.15) is 5.60 Å². The van der Waals surface area contributed by atoms with Crippen molar-refractivity contribution < 1.29 is 9.53 Å². The number of hydrogen-bond acceptors (Lipinski definition) is 2. The Morgan fingerprint density at radius 3 is 2.35 bits per heavy atom. The number of amides is 1. The van der Waals surface area contributed by atoms with Crippen LogP contribution in [0.2, 0.25) is 10.0 Å². The first-order valence-electron chi connectivity index (χ1n) is 5.15. The van der Waals surface area contributed by atoms with Gasteiger partial charge in [-0.05, 0) is 39.3 Å². The van der Waals surface area contributed by atoms with Gasteiger partial charge in [-0.3, -0.25) is 5.32 Å². The van der Waals surface area contributed by atoms with E-state index < -0.39 is 11.7 Å². The van der Waals surface area contributed by atoms with E-state index in [1.54, 1.807) is 32.9 Å². The number of anilines is 1. The molecule has 5 heteroatoms. The number of ether oxygens (including phenoxy) is 1. The molecule has 0 spiro atoms. The first kappa shape index (κ1) is 14.1. The number of nitrogens with one attached hydrogen (secondary N) is 1. The van der Waals surface area contributed by atoms with Gasteiger partial charge in [0.05, 0.1) is 15.7 Å². The molecule has 1 rings (SSSR count). The Kier molecular flexibility index (Phi) is 4.28. The number of aryl methyl sites for hydroxylation is 1. The SMILES string of the molecule is Cc1ccc(NC(=O)OC(C)(C)C)c(Cl)c1Cl. The van der Waals surface area contributed by atoms with E-state index in [-0.39, 0.29) is 0 Å². The zero-order chi connectivity index (χ0) is 13.2. The maximum atomic E-state index is 11.5. The van der Waals surface area contributed by atoms with Crippen molar-refractivity contribution in [3.05, 3.63) is 27.7 Å². The van der Waals surface area contributed by atoms with Crippen LogP contribution in [0.25, 0.3) is 0 Å². The second kappa shape index (κ2) is 5.15. The summed E-state index contributed by atoms with van der Waals surface area (Å²) in [5.74, 6) is 0. The largest absolute Gasteiger partial charge is 0.444 e. The Bertz CT molecular complexity index is 439. The van der Waals surface area contributed by atoms with Crippen LogP contribution in [0.5, 0.6) is 0 Å². The lowest BCUT2D eigenvalue weighted by atomic mass is 10.2. The van der Waals surface area contributed by atoms with Crippen molar-refractivity contribution in [2.45, 2.75) is 33.3 Å². The molecule has 0 heterocycles. The fraction of sp³-hybridized carbons (Fsp3) is 0.417. The predicted molar refractivity (Wildman–Crippen MR) is 71.1 cm³/mol. The molecule has 94 valence electrons. The Hall–Kier alpha value is -0.930. The molecule has 0 bridgehead atoms. The molecule has 1 aromatic carbocycles. The van der Waals surface area contributed by atoms with E-state index in [4.69, 9.17) is 27.9 Å². The van der Waals surface area contributed by atoms with Gasteiger partial charge in [-0.15, -0.1) is 0 Å². The maximum Gasteiger partial charge on any atom is 0.412 e. The van der Waals surface area contributed by atoms with Crippen molar-refractivity contribution in [3.8, 4) is 0 Å². The standard InChI is InChI=1S/C12H15Cl2NO2/c1-7-5-6-8(10(14)9(7)13)15-11(16)17-12(2,3)4/h5-6H,1-4H3,(H,15,16). The highest BCUT2D eigenvalue weighted by atomic mass is 35.5. The first-order chi connectivity index (χ1) is 7.70. The normalized spacial score (nSPS) is 11.2. The molecule has 0 atom stereocenters. The summed E-state index contributed by atoms with van der Waals surface area (Å²) in [6, 6.07) is 3.47. The number of carbonyl (C=O) groups is 1. The number of halogens is 2. The quantitative estimate of drug-likeness (QED) is 0.810. The van der Waals surface area contributed by atoms with E-state index in [9.17, 15) is 4.79 Å². The highest BCUT2D eigenvalue weighted by molar-refractivity contribution is 6.44. The minimum absolute atomic E-state index is 0.317. The van der Waals surface area contributed by atoms with Gasteiger partial charge in [-0.2, -0.15) is 0 Å². The van der Waals surface area contributed by atoms with Gasteiger partial charge in [0.25, 0.3) is 0 Å². The molecule has 17 heavy (non-hydrogen) atoms. The number of carbonyl (C=O) groups excluding carboxylic acids is 1. The van der Waals surface area contributed by atoms with Gasteiger partial charge in [0.15, 0.2) is 0 Å². The highest BCUT2D eigenvalue weighted by Gasteiger charge is 2.17. The third-order valence-electron chi connectivity index (χ3n) is 1.91. The average molecular weight is 276 g/mol.